The summed E-state index contributed by atoms with van der Waals surface area (Å²) >= 11 is 1.62. The molecule has 74 valence electrons. The van der Waals surface area contributed by atoms with Gasteiger partial charge in [0.05, 0.1) is 0 Å². The molecule has 0 spiro atoms. The van der Waals surface area contributed by atoms with E-state index in [1.54, 1.807) is 16.4 Å². The first-order valence-electron chi connectivity index (χ1n) is 4.61. The molecule has 0 amide bonds. The van der Waals surface area contributed by atoms with Crippen LogP contribution in [0.3, 0.4) is 0 Å². The standard InChI is InChI=1S/C8H16N4S/c1-3-5-6-7-10-11-8(12(7)9)13-4-2/h3-6,9H2,1-2H3. The van der Waals surface area contributed by atoms with E-state index in [1.165, 1.54) is 0 Å². The van der Waals surface area contributed by atoms with Crippen molar-refractivity contribution < 1.29 is 0 Å². The molecule has 0 saturated carbocycles. The number of aromatic nitrogens is 3. The van der Waals surface area contributed by atoms with Crippen molar-refractivity contribution in [2.45, 2.75) is 38.3 Å². The van der Waals surface area contributed by atoms with Crippen molar-refractivity contribution in [3.05, 3.63) is 5.82 Å². The number of aryl methyl sites for hydroxylation is 1. The molecule has 13 heavy (non-hydrogen) atoms. The van der Waals surface area contributed by atoms with E-state index in [0.29, 0.717) is 0 Å². The lowest BCUT2D eigenvalue weighted by Gasteiger charge is -2.00. The molecule has 1 aromatic rings. The van der Waals surface area contributed by atoms with Crippen molar-refractivity contribution in [1.29, 1.82) is 0 Å². The van der Waals surface area contributed by atoms with Crippen LogP contribution in [0.15, 0.2) is 5.16 Å². The lowest BCUT2D eigenvalue weighted by Crippen LogP contribution is -2.14. The maximum atomic E-state index is 5.80. The molecular weight excluding hydrogens is 184 g/mol. The van der Waals surface area contributed by atoms with Crippen LogP contribution in [-0.4, -0.2) is 20.6 Å². The van der Waals surface area contributed by atoms with Gasteiger partial charge in [-0.15, -0.1) is 10.2 Å². The zero-order valence-electron chi connectivity index (χ0n) is 8.16. The molecule has 0 aliphatic carbocycles. The van der Waals surface area contributed by atoms with Gasteiger partial charge in [0.25, 0.3) is 0 Å². The van der Waals surface area contributed by atoms with Crippen LogP contribution in [0.4, 0.5) is 0 Å². The number of nitrogen functional groups attached to an aromatic ring is 1. The van der Waals surface area contributed by atoms with Crippen LogP contribution >= 0.6 is 11.8 Å². The van der Waals surface area contributed by atoms with Gasteiger partial charge in [0.1, 0.15) is 0 Å². The highest BCUT2D eigenvalue weighted by atomic mass is 32.2. The summed E-state index contributed by atoms with van der Waals surface area (Å²) in [7, 11) is 0. The smallest absolute Gasteiger partial charge is 0.209 e. The van der Waals surface area contributed by atoms with Crippen molar-refractivity contribution in [2.24, 2.45) is 0 Å². The van der Waals surface area contributed by atoms with Gasteiger partial charge in [-0.2, -0.15) is 0 Å². The Balaban J connectivity index is 2.62. The van der Waals surface area contributed by atoms with Gasteiger partial charge < -0.3 is 5.84 Å². The zero-order valence-corrected chi connectivity index (χ0v) is 8.97. The lowest BCUT2D eigenvalue weighted by molar-refractivity contribution is 0.712. The second-order valence-corrected chi connectivity index (χ2v) is 4.04. The number of thioether (sulfide) groups is 1. The summed E-state index contributed by atoms with van der Waals surface area (Å²) in [6, 6.07) is 0. The monoisotopic (exact) mass is 200 g/mol. The summed E-state index contributed by atoms with van der Waals surface area (Å²) in [6.07, 6.45) is 3.19. The molecule has 1 aromatic heterocycles. The Morgan fingerprint density at radius 3 is 2.77 bits per heavy atom. The highest BCUT2D eigenvalue weighted by molar-refractivity contribution is 7.99. The van der Waals surface area contributed by atoms with Crippen molar-refractivity contribution in [3.8, 4) is 0 Å². The van der Waals surface area contributed by atoms with E-state index in [2.05, 4.69) is 24.0 Å². The van der Waals surface area contributed by atoms with Gasteiger partial charge in [-0.25, -0.2) is 4.68 Å². The molecule has 0 saturated heterocycles. The first-order valence-corrected chi connectivity index (χ1v) is 5.60. The number of nitrogens with two attached hydrogens (primary N) is 1. The minimum atomic E-state index is 0.814. The Bertz CT molecular complexity index is 259. The Kier molecular flexibility index (Phi) is 4.08. The highest BCUT2D eigenvalue weighted by Gasteiger charge is 2.07. The summed E-state index contributed by atoms with van der Waals surface area (Å²) in [4.78, 5) is 0. The van der Waals surface area contributed by atoms with Gasteiger partial charge in [0.15, 0.2) is 5.82 Å². The van der Waals surface area contributed by atoms with E-state index >= 15 is 0 Å². The summed E-state index contributed by atoms with van der Waals surface area (Å²) < 4.78 is 1.60. The fourth-order valence-electron chi connectivity index (χ4n) is 1.04. The third-order valence-corrected chi connectivity index (χ3v) is 2.59. The van der Waals surface area contributed by atoms with Gasteiger partial charge in [0.2, 0.25) is 5.16 Å². The number of hydrogen-bond donors (Lipinski definition) is 1. The first kappa shape index (κ1) is 10.4. The molecule has 0 radical (unpaired) electrons. The van der Waals surface area contributed by atoms with Gasteiger partial charge in [-0.3, -0.25) is 0 Å². The molecule has 0 aromatic carbocycles. The van der Waals surface area contributed by atoms with E-state index in [0.717, 1.165) is 36.0 Å². The van der Waals surface area contributed by atoms with Crippen LogP contribution < -0.4 is 5.84 Å². The Morgan fingerprint density at radius 2 is 2.15 bits per heavy atom. The molecule has 0 fully saturated rings. The first-order chi connectivity index (χ1) is 6.29. The molecule has 0 atom stereocenters. The number of nitrogens with zero attached hydrogens (tertiary/aromatic N) is 3. The fourth-order valence-corrected chi connectivity index (χ4v) is 1.64. The van der Waals surface area contributed by atoms with Gasteiger partial charge in [-0.05, 0) is 12.2 Å². The Hall–Kier alpha value is -0.710. The maximum absolute atomic E-state index is 5.80. The van der Waals surface area contributed by atoms with Crippen LogP contribution in [0, 0.1) is 0 Å². The predicted molar refractivity (Wildman–Crippen MR) is 55.2 cm³/mol. The molecule has 2 N–H and O–H groups in total. The van der Waals surface area contributed by atoms with Crippen LogP contribution in [0.25, 0.3) is 0 Å². The average molecular weight is 200 g/mol. The van der Waals surface area contributed by atoms with Crippen molar-refractivity contribution in [3.63, 3.8) is 0 Å². The third kappa shape index (κ3) is 2.62. The van der Waals surface area contributed by atoms with Gasteiger partial charge in [0, 0.05) is 6.42 Å². The van der Waals surface area contributed by atoms with Gasteiger partial charge >= 0.3 is 0 Å². The van der Waals surface area contributed by atoms with Crippen LogP contribution in [-0.2, 0) is 6.42 Å². The molecule has 0 aliphatic rings. The van der Waals surface area contributed by atoms with Crippen molar-refractivity contribution in [2.75, 3.05) is 11.6 Å². The van der Waals surface area contributed by atoms with E-state index in [1.807, 2.05) is 0 Å². The molecule has 5 heteroatoms. The topological polar surface area (TPSA) is 56.7 Å². The average Bonchev–Trinajstić information content (AvgIpc) is 2.46. The summed E-state index contributed by atoms with van der Waals surface area (Å²) in [5.74, 6) is 7.66. The second kappa shape index (κ2) is 5.11. The van der Waals surface area contributed by atoms with E-state index < -0.39 is 0 Å². The molecule has 0 bridgehead atoms. The quantitative estimate of drug-likeness (QED) is 0.577. The second-order valence-electron chi connectivity index (χ2n) is 2.81. The Morgan fingerprint density at radius 1 is 1.38 bits per heavy atom. The normalized spacial score (nSPS) is 10.6. The van der Waals surface area contributed by atoms with Crippen molar-refractivity contribution >= 4 is 11.8 Å². The van der Waals surface area contributed by atoms with Crippen LogP contribution in [0.2, 0.25) is 0 Å². The lowest BCUT2D eigenvalue weighted by atomic mass is 10.2. The van der Waals surface area contributed by atoms with E-state index in [4.69, 9.17) is 5.84 Å². The number of rotatable bonds is 5. The maximum Gasteiger partial charge on any atom is 0.209 e. The molecule has 0 unspecified atom stereocenters. The van der Waals surface area contributed by atoms with Gasteiger partial charge in [-0.1, -0.05) is 32.0 Å². The van der Waals surface area contributed by atoms with E-state index in [-0.39, 0.29) is 0 Å². The predicted octanol–water partition coefficient (Wildman–Crippen LogP) is 1.45. The minimum Gasteiger partial charge on any atom is -0.336 e. The minimum absolute atomic E-state index is 0.814. The molecule has 1 heterocycles. The van der Waals surface area contributed by atoms with Crippen LogP contribution in [0.5, 0.6) is 0 Å². The molecule has 0 aliphatic heterocycles. The zero-order chi connectivity index (χ0) is 9.68. The summed E-state index contributed by atoms with van der Waals surface area (Å²) in [5, 5.41) is 8.86. The van der Waals surface area contributed by atoms with Crippen LogP contribution in [0.1, 0.15) is 32.5 Å². The Labute approximate surface area is 82.9 Å². The highest BCUT2D eigenvalue weighted by Crippen LogP contribution is 2.14. The summed E-state index contributed by atoms with van der Waals surface area (Å²) in [6.45, 7) is 4.23. The summed E-state index contributed by atoms with van der Waals surface area (Å²) in [5.41, 5.74) is 0. The molecule has 4 nitrogen and oxygen atoms in total. The SMILES string of the molecule is CCCCc1nnc(SCC)n1N. The molecular formula is C8H16N4S. The molecule has 1 rings (SSSR count). The largest absolute Gasteiger partial charge is 0.336 e. The number of hydrogen-bond acceptors (Lipinski definition) is 4. The number of unbranched alkanes of at least 4 members (excludes halogenated alkanes) is 1. The fraction of sp³-hybridized carbons (Fsp3) is 0.750. The third-order valence-electron chi connectivity index (χ3n) is 1.76. The van der Waals surface area contributed by atoms with E-state index in [9.17, 15) is 0 Å². The van der Waals surface area contributed by atoms with Crippen molar-refractivity contribution in [1.82, 2.24) is 14.9 Å².